The zero-order chi connectivity index (χ0) is 18.0. The maximum Gasteiger partial charge on any atom is 0.252 e. The van der Waals surface area contributed by atoms with Crippen LogP contribution in [0.15, 0.2) is 42.6 Å². The number of aromatic nitrogens is 2. The van der Waals surface area contributed by atoms with E-state index in [1.807, 2.05) is 30.3 Å². The van der Waals surface area contributed by atoms with Crippen LogP contribution in [0.2, 0.25) is 0 Å². The minimum atomic E-state index is -1.30. The van der Waals surface area contributed by atoms with Gasteiger partial charge in [0.2, 0.25) is 0 Å². The Labute approximate surface area is 153 Å². The standard InChI is InChI=1S/C20H24N4O2/c25-19(20(26)10-7-15-4-1-2-5-16(15)14-20)22-17-8-12-24(13-9-17)18-6-3-11-21-23-18/h1-6,11,17,26H,7-10,12-14H2,(H,22,25). The van der Waals surface area contributed by atoms with Crippen molar-refractivity contribution in [1.29, 1.82) is 0 Å². The van der Waals surface area contributed by atoms with Gasteiger partial charge in [-0.15, -0.1) is 5.10 Å². The third-order valence-corrected chi connectivity index (χ3v) is 5.54. The maximum absolute atomic E-state index is 12.8. The quantitative estimate of drug-likeness (QED) is 0.875. The third kappa shape index (κ3) is 3.42. The minimum absolute atomic E-state index is 0.0941. The Morgan fingerprint density at radius 1 is 1.15 bits per heavy atom. The number of carbonyl (C=O) groups is 1. The largest absolute Gasteiger partial charge is 0.380 e. The highest BCUT2D eigenvalue weighted by Gasteiger charge is 2.40. The number of aliphatic hydroxyl groups is 1. The monoisotopic (exact) mass is 352 g/mol. The molecule has 1 aliphatic heterocycles. The molecule has 4 rings (SSSR count). The molecule has 2 N–H and O–H groups in total. The van der Waals surface area contributed by atoms with Crippen molar-refractivity contribution in [2.75, 3.05) is 18.0 Å². The van der Waals surface area contributed by atoms with Crippen molar-refractivity contribution in [2.24, 2.45) is 0 Å². The van der Waals surface area contributed by atoms with E-state index in [4.69, 9.17) is 0 Å². The molecule has 26 heavy (non-hydrogen) atoms. The van der Waals surface area contributed by atoms with Gasteiger partial charge in [-0.2, -0.15) is 5.10 Å². The number of fused-ring (bicyclic) bond motifs is 1. The van der Waals surface area contributed by atoms with Gasteiger partial charge >= 0.3 is 0 Å². The summed E-state index contributed by atoms with van der Waals surface area (Å²) >= 11 is 0. The Balaban J connectivity index is 1.34. The molecule has 1 aromatic carbocycles. The number of amides is 1. The molecule has 0 spiro atoms. The zero-order valence-electron chi connectivity index (χ0n) is 14.8. The number of hydrogen-bond acceptors (Lipinski definition) is 5. The van der Waals surface area contributed by atoms with Gasteiger partial charge in [-0.3, -0.25) is 4.79 Å². The number of nitrogens with one attached hydrogen (secondary N) is 1. The zero-order valence-corrected chi connectivity index (χ0v) is 14.8. The SMILES string of the molecule is O=C(NC1CCN(c2cccnn2)CC1)C1(O)CCc2ccccc2C1. The second kappa shape index (κ2) is 7.03. The summed E-state index contributed by atoms with van der Waals surface area (Å²) in [6.45, 7) is 1.65. The molecule has 6 nitrogen and oxygen atoms in total. The second-order valence-corrected chi connectivity index (χ2v) is 7.29. The van der Waals surface area contributed by atoms with Crippen molar-refractivity contribution in [3.63, 3.8) is 0 Å². The van der Waals surface area contributed by atoms with Crippen molar-refractivity contribution in [2.45, 2.75) is 43.7 Å². The summed E-state index contributed by atoms with van der Waals surface area (Å²) in [5.41, 5.74) is 1.02. The fraction of sp³-hybridized carbons (Fsp3) is 0.450. The van der Waals surface area contributed by atoms with E-state index >= 15 is 0 Å². The number of rotatable bonds is 3. The van der Waals surface area contributed by atoms with E-state index in [1.165, 1.54) is 5.56 Å². The predicted octanol–water partition coefficient (Wildman–Crippen LogP) is 1.48. The summed E-state index contributed by atoms with van der Waals surface area (Å²) in [6, 6.07) is 12.0. The van der Waals surface area contributed by atoms with Crippen LogP contribution in [0.4, 0.5) is 5.82 Å². The molecule has 1 unspecified atom stereocenters. The summed E-state index contributed by atoms with van der Waals surface area (Å²) in [6.07, 6.45) is 4.97. The van der Waals surface area contributed by atoms with Gasteiger partial charge in [-0.1, -0.05) is 24.3 Å². The van der Waals surface area contributed by atoms with Crippen molar-refractivity contribution in [3.8, 4) is 0 Å². The van der Waals surface area contributed by atoms with Crippen LogP contribution in [-0.2, 0) is 17.6 Å². The van der Waals surface area contributed by atoms with E-state index < -0.39 is 5.60 Å². The number of anilines is 1. The van der Waals surface area contributed by atoms with Gasteiger partial charge in [0, 0.05) is 31.7 Å². The highest BCUT2D eigenvalue weighted by atomic mass is 16.3. The molecule has 1 saturated heterocycles. The lowest BCUT2D eigenvalue weighted by molar-refractivity contribution is -0.141. The van der Waals surface area contributed by atoms with Crippen molar-refractivity contribution >= 4 is 11.7 Å². The molecule has 6 heteroatoms. The van der Waals surface area contributed by atoms with Crippen molar-refractivity contribution in [3.05, 3.63) is 53.7 Å². The Bertz CT molecular complexity index is 774. The highest BCUT2D eigenvalue weighted by Crippen LogP contribution is 2.29. The molecular formula is C20H24N4O2. The summed E-state index contributed by atoms with van der Waals surface area (Å²) in [5.74, 6) is 0.643. The summed E-state index contributed by atoms with van der Waals surface area (Å²) < 4.78 is 0. The Morgan fingerprint density at radius 2 is 1.92 bits per heavy atom. The molecule has 2 aliphatic rings. The Kier molecular flexibility index (Phi) is 4.59. The number of aryl methyl sites for hydroxylation is 1. The van der Waals surface area contributed by atoms with E-state index in [2.05, 4.69) is 26.5 Å². The first-order valence-corrected chi connectivity index (χ1v) is 9.27. The van der Waals surface area contributed by atoms with E-state index in [0.717, 1.165) is 43.7 Å². The molecule has 0 saturated carbocycles. The average molecular weight is 352 g/mol. The molecule has 2 heterocycles. The van der Waals surface area contributed by atoms with E-state index in [0.29, 0.717) is 12.8 Å². The van der Waals surface area contributed by atoms with Crippen LogP contribution in [0.5, 0.6) is 0 Å². The summed E-state index contributed by atoms with van der Waals surface area (Å²) in [4.78, 5) is 14.9. The number of benzene rings is 1. The van der Waals surface area contributed by atoms with Crippen LogP contribution in [-0.4, -0.2) is 45.9 Å². The number of piperidine rings is 1. The van der Waals surface area contributed by atoms with Crippen LogP contribution in [0.3, 0.4) is 0 Å². The van der Waals surface area contributed by atoms with Crippen molar-refractivity contribution in [1.82, 2.24) is 15.5 Å². The van der Waals surface area contributed by atoms with Gasteiger partial charge < -0.3 is 15.3 Å². The Morgan fingerprint density at radius 3 is 2.65 bits per heavy atom. The second-order valence-electron chi connectivity index (χ2n) is 7.29. The lowest BCUT2D eigenvalue weighted by atomic mass is 9.79. The predicted molar refractivity (Wildman–Crippen MR) is 98.8 cm³/mol. The first kappa shape index (κ1) is 17.0. The van der Waals surface area contributed by atoms with Crippen LogP contribution in [0.1, 0.15) is 30.4 Å². The number of hydrogen-bond donors (Lipinski definition) is 2. The molecular weight excluding hydrogens is 328 g/mol. The molecule has 1 amide bonds. The summed E-state index contributed by atoms with van der Waals surface area (Å²) in [5, 5.41) is 22.1. The molecule has 1 aliphatic carbocycles. The topological polar surface area (TPSA) is 78.4 Å². The summed E-state index contributed by atoms with van der Waals surface area (Å²) in [7, 11) is 0. The molecule has 0 radical (unpaired) electrons. The van der Waals surface area contributed by atoms with Crippen molar-refractivity contribution < 1.29 is 9.90 Å². The molecule has 0 bridgehead atoms. The molecule has 1 aromatic heterocycles. The fourth-order valence-electron chi connectivity index (χ4n) is 3.95. The lowest BCUT2D eigenvalue weighted by Gasteiger charge is -2.36. The van der Waals surface area contributed by atoms with E-state index in [9.17, 15) is 9.90 Å². The highest BCUT2D eigenvalue weighted by molar-refractivity contribution is 5.86. The average Bonchev–Trinajstić information content (AvgIpc) is 2.69. The van der Waals surface area contributed by atoms with Crippen LogP contribution < -0.4 is 10.2 Å². The molecule has 2 aromatic rings. The maximum atomic E-state index is 12.8. The molecule has 136 valence electrons. The van der Waals surface area contributed by atoms with Gasteiger partial charge in [0.15, 0.2) is 5.82 Å². The first-order valence-electron chi connectivity index (χ1n) is 9.27. The van der Waals surface area contributed by atoms with E-state index in [1.54, 1.807) is 6.20 Å². The van der Waals surface area contributed by atoms with Gasteiger partial charge in [0.25, 0.3) is 5.91 Å². The smallest absolute Gasteiger partial charge is 0.252 e. The van der Waals surface area contributed by atoms with Gasteiger partial charge in [0.05, 0.1) is 0 Å². The Hall–Kier alpha value is -2.47. The fourth-order valence-corrected chi connectivity index (χ4v) is 3.95. The van der Waals surface area contributed by atoms with Gasteiger partial charge in [-0.05, 0) is 48.9 Å². The number of carbonyl (C=O) groups excluding carboxylic acids is 1. The van der Waals surface area contributed by atoms with Gasteiger partial charge in [-0.25, -0.2) is 0 Å². The minimum Gasteiger partial charge on any atom is -0.380 e. The van der Waals surface area contributed by atoms with Crippen LogP contribution in [0, 0.1) is 0 Å². The van der Waals surface area contributed by atoms with Crippen LogP contribution in [0.25, 0.3) is 0 Å². The van der Waals surface area contributed by atoms with E-state index in [-0.39, 0.29) is 11.9 Å². The normalized spacial score (nSPS) is 23.3. The number of nitrogens with zero attached hydrogens (tertiary/aromatic N) is 3. The molecule has 1 atom stereocenters. The third-order valence-electron chi connectivity index (χ3n) is 5.54. The lowest BCUT2D eigenvalue weighted by Crippen LogP contribution is -2.55. The first-order chi connectivity index (χ1) is 12.6. The van der Waals surface area contributed by atoms with Crippen LogP contribution >= 0.6 is 0 Å². The van der Waals surface area contributed by atoms with Gasteiger partial charge in [0.1, 0.15) is 5.60 Å². The molecule has 1 fully saturated rings.